The lowest BCUT2D eigenvalue weighted by atomic mass is 10.3. The molecule has 4 heterocycles. The molecule has 5 rings (SSSR count). The van der Waals surface area contributed by atoms with E-state index in [2.05, 4.69) is 39.8 Å². The standard InChI is InChI=1S/C22H25N5O2S/c1-3-20(28)27-8-6-16(13-27)29-21-17-7-9-26(12-15-4-5-15)18(17)10-19(24-21)25-22-23-11-14(2)30-22/h3,7,9-11,15-16H,1,4-6,8,12-13H2,2H3,(H,23,24,25)/t16-/m1/s1. The zero-order chi connectivity index (χ0) is 20.7. The van der Waals surface area contributed by atoms with Gasteiger partial charge in [0.2, 0.25) is 11.8 Å². The number of amides is 1. The number of fused-ring (bicyclic) bond motifs is 1. The fourth-order valence-electron chi connectivity index (χ4n) is 3.88. The van der Waals surface area contributed by atoms with Crippen LogP contribution in [-0.2, 0) is 11.3 Å². The summed E-state index contributed by atoms with van der Waals surface area (Å²) < 4.78 is 8.62. The molecule has 0 bridgehead atoms. The Morgan fingerprint density at radius 2 is 2.30 bits per heavy atom. The van der Waals surface area contributed by atoms with Gasteiger partial charge in [0.1, 0.15) is 11.9 Å². The summed E-state index contributed by atoms with van der Waals surface area (Å²) in [5.74, 6) is 2.05. The van der Waals surface area contributed by atoms with E-state index in [0.717, 1.165) is 45.6 Å². The molecule has 7 nitrogen and oxygen atoms in total. The Hall–Kier alpha value is -2.87. The summed E-state index contributed by atoms with van der Waals surface area (Å²) in [7, 11) is 0. The zero-order valence-corrected chi connectivity index (χ0v) is 17.8. The average Bonchev–Trinajstić information content (AvgIpc) is 3.08. The first kappa shape index (κ1) is 19.1. The minimum atomic E-state index is -0.0752. The number of rotatable bonds is 7. The monoisotopic (exact) mass is 423 g/mol. The summed E-state index contributed by atoms with van der Waals surface area (Å²) in [6.45, 7) is 7.87. The van der Waals surface area contributed by atoms with Crippen molar-refractivity contribution in [3.8, 4) is 5.88 Å². The van der Waals surface area contributed by atoms with Gasteiger partial charge in [-0.3, -0.25) is 4.79 Å². The minimum absolute atomic E-state index is 0.0515. The van der Waals surface area contributed by atoms with Gasteiger partial charge in [-0.05, 0) is 37.8 Å². The number of hydrogen-bond donors (Lipinski definition) is 1. The van der Waals surface area contributed by atoms with Crippen molar-refractivity contribution in [2.24, 2.45) is 5.92 Å². The molecule has 1 N–H and O–H groups in total. The molecular weight excluding hydrogens is 398 g/mol. The van der Waals surface area contributed by atoms with Crippen molar-refractivity contribution in [2.45, 2.75) is 38.8 Å². The van der Waals surface area contributed by atoms with E-state index in [-0.39, 0.29) is 12.0 Å². The number of aromatic nitrogens is 3. The maximum atomic E-state index is 11.9. The van der Waals surface area contributed by atoms with E-state index in [4.69, 9.17) is 9.72 Å². The Labute approximate surface area is 179 Å². The van der Waals surface area contributed by atoms with Crippen LogP contribution in [0.3, 0.4) is 0 Å². The molecule has 0 unspecified atom stereocenters. The Bertz CT molecular complexity index is 1100. The van der Waals surface area contributed by atoms with Gasteiger partial charge in [0.25, 0.3) is 0 Å². The van der Waals surface area contributed by atoms with Crippen LogP contribution in [0.5, 0.6) is 5.88 Å². The second-order valence-corrected chi connectivity index (χ2v) is 9.31. The maximum absolute atomic E-state index is 11.9. The molecule has 2 fully saturated rings. The summed E-state index contributed by atoms with van der Waals surface area (Å²) in [6.07, 6.45) is 8.64. The van der Waals surface area contributed by atoms with Crippen LogP contribution in [0.4, 0.5) is 10.9 Å². The van der Waals surface area contributed by atoms with Gasteiger partial charge in [-0.2, -0.15) is 4.98 Å². The number of nitrogens with one attached hydrogen (secondary N) is 1. The summed E-state index contributed by atoms with van der Waals surface area (Å²) in [5.41, 5.74) is 1.11. The maximum Gasteiger partial charge on any atom is 0.246 e. The van der Waals surface area contributed by atoms with Crippen molar-refractivity contribution >= 4 is 39.1 Å². The Kier molecular flexibility index (Phi) is 4.94. The quantitative estimate of drug-likeness (QED) is 0.579. The predicted octanol–water partition coefficient (Wildman–Crippen LogP) is 4.12. The second-order valence-electron chi connectivity index (χ2n) is 8.07. The van der Waals surface area contributed by atoms with E-state index in [0.29, 0.717) is 19.0 Å². The molecular formula is C22H25N5O2S. The second kappa shape index (κ2) is 7.75. The lowest BCUT2D eigenvalue weighted by molar-refractivity contribution is -0.125. The first-order valence-corrected chi connectivity index (χ1v) is 11.2. The highest BCUT2D eigenvalue weighted by Gasteiger charge is 2.28. The van der Waals surface area contributed by atoms with Gasteiger partial charge in [0.05, 0.1) is 17.4 Å². The van der Waals surface area contributed by atoms with Crippen molar-refractivity contribution in [3.05, 3.63) is 42.1 Å². The number of aryl methyl sites for hydroxylation is 1. The SMILES string of the molecule is C=CC(=O)N1CC[C@@H](Oc2nc(Nc3ncc(C)s3)cc3c2ccn3CC2CC2)C1. The third-order valence-corrected chi connectivity index (χ3v) is 6.48. The number of thiazole rings is 1. The molecule has 2 aliphatic rings. The van der Waals surface area contributed by atoms with Crippen LogP contribution in [0.15, 0.2) is 37.2 Å². The van der Waals surface area contributed by atoms with E-state index >= 15 is 0 Å². The normalized spacial score (nSPS) is 18.7. The van der Waals surface area contributed by atoms with E-state index in [9.17, 15) is 4.79 Å². The van der Waals surface area contributed by atoms with Gasteiger partial charge in [-0.15, -0.1) is 11.3 Å². The first-order chi connectivity index (χ1) is 14.6. The van der Waals surface area contributed by atoms with Crippen LogP contribution in [0.2, 0.25) is 0 Å². The van der Waals surface area contributed by atoms with Crippen LogP contribution in [0.25, 0.3) is 10.9 Å². The molecule has 1 atom stereocenters. The molecule has 156 valence electrons. The third-order valence-electron chi connectivity index (χ3n) is 5.65. The number of likely N-dealkylation sites (tertiary alicyclic amines) is 1. The summed E-state index contributed by atoms with van der Waals surface area (Å²) in [4.78, 5) is 24.0. The lowest BCUT2D eigenvalue weighted by Crippen LogP contribution is -2.29. The lowest BCUT2D eigenvalue weighted by Gasteiger charge is -2.17. The minimum Gasteiger partial charge on any atom is -0.472 e. The number of carbonyl (C=O) groups excluding carboxylic acids is 1. The Balaban J connectivity index is 1.45. The summed E-state index contributed by atoms with van der Waals surface area (Å²) >= 11 is 1.60. The van der Waals surface area contributed by atoms with Crippen LogP contribution in [0, 0.1) is 12.8 Å². The van der Waals surface area contributed by atoms with Crippen molar-refractivity contribution < 1.29 is 9.53 Å². The van der Waals surface area contributed by atoms with Gasteiger partial charge in [0.15, 0.2) is 5.13 Å². The van der Waals surface area contributed by atoms with Crippen molar-refractivity contribution in [3.63, 3.8) is 0 Å². The largest absolute Gasteiger partial charge is 0.472 e. The number of nitrogens with zero attached hydrogens (tertiary/aromatic N) is 4. The van der Waals surface area contributed by atoms with Crippen molar-refractivity contribution in [1.29, 1.82) is 0 Å². The Morgan fingerprint density at radius 3 is 3.03 bits per heavy atom. The smallest absolute Gasteiger partial charge is 0.246 e. The molecule has 1 aliphatic heterocycles. The van der Waals surface area contributed by atoms with Crippen molar-refractivity contribution in [2.75, 3.05) is 18.4 Å². The number of pyridine rings is 1. The molecule has 1 saturated heterocycles. The predicted molar refractivity (Wildman–Crippen MR) is 118 cm³/mol. The molecule has 0 radical (unpaired) electrons. The van der Waals surface area contributed by atoms with Gasteiger partial charge in [-0.1, -0.05) is 6.58 Å². The van der Waals surface area contributed by atoms with E-state index < -0.39 is 0 Å². The summed E-state index contributed by atoms with van der Waals surface area (Å²) in [6, 6.07) is 4.16. The van der Waals surface area contributed by atoms with Gasteiger partial charge < -0.3 is 19.5 Å². The van der Waals surface area contributed by atoms with Gasteiger partial charge in [-0.25, -0.2) is 4.98 Å². The molecule has 30 heavy (non-hydrogen) atoms. The van der Waals surface area contributed by atoms with E-state index in [1.54, 1.807) is 16.2 Å². The third kappa shape index (κ3) is 3.92. The molecule has 0 spiro atoms. The number of hydrogen-bond acceptors (Lipinski definition) is 6. The number of ether oxygens (including phenoxy) is 1. The molecule has 0 aromatic carbocycles. The van der Waals surface area contributed by atoms with Crippen LogP contribution >= 0.6 is 11.3 Å². The highest BCUT2D eigenvalue weighted by Crippen LogP contribution is 2.35. The molecule has 3 aromatic heterocycles. The van der Waals surface area contributed by atoms with Crippen LogP contribution in [-0.4, -0.2) is 44.5 Å². The fourth-order valence-corrected chi connectivity index (χ4v) is 4.55. The summed E-state index contributed by atoms with van der Waals surface area (Å²) in [5, 5.41) is 5.15. The molecule has 3 aromatic rings. The van der Waals surface area contributed by atoms with E-state index in [1.807, 2.05) is 13.1 Å². The van der Waals surface area contributed by atoms with Crippen LogP contribution < -0.4 is 10.1 Å². The number of carbonyl (C=O) groups is 1. The first-order valence-electron chi connectivity index (χ1n) is 10.4. The number of anilines is 2. The fraction of sp³-hybridized carbons (Fsp3) is 0.409. The van der Waals surface area contributed by atoms with Crippen molar-refractivity contribution in [1.82, 2.24) is 19.4 Å². The van der Waals surface area contributed by atoms with Crippen LogP contribution in [0.1, 0.15) is 24.1 Å². The topological polar surface area (TPSA) is 72.3 Å². The molecule has 1 amide bonds. The zero-order valence-electron chi connectivity index (χ0n) is 17.0. The highest BCUT2D eigenvalue weighted by molar-refractivity contribution is 7.15. The molecule has 8 heteroatoms. The molecule has 1 saturated carbocycles. The van der Waals surface area contributed by atoms with Gasteiger partial charge >= 0.3 is 0 Å². The Morgan fingerprint density at radius 1 is 1.43 bits per heavy atom. The average molecular weight is 424 g/mol. The van der Waals surface area contributed by atoms with Gasteiger partial charge in [0, 0.05) is 42.8 Å². The highest BCUT2D eigenvalue weighted by atomic mass is 32.1. The van der Waals surface area contributed by atoms with E-state index in [1.165, 1.54) is 18.9 Å². The molecule has 1 aliphatic carbocycles.